The number of halogens is 1. The molecule has 0 heterocycles. The van der Waals surface area contributed by atoms with Crippen molar-refractivity contribution < 1.29 is 0 Å². The number of nitrogens with zero attached hydrogens (tertiary/aromatic N) is 1. The summed E-state index contributed by atoms with van der Waals surface area (Å²) in [5, 5.41) is 0. The Morgan fingerprint density at radius 1 is 1.30 bits per heavy atom. The molecule has 0 amide bonds. The lowest BCUT2D eigenvalue weighted by atomic mass is 10.3. The van der Waals surface area contributed by atoms with Crippen molar-refractivity contribution in [1.29, 1.82) is 0 Å². The summed E-state index contributed by atoms with van der Waals surface area (Å²) >= 11 is 2.30. The molecule has 0 radical (unpaired) electrons. The van der Waals surface area contributed by atoms with Crippen LogP contribution in [0.3, 0.4) is 0 Å². The molecule has 1 aromatic carbocycles. The van der Waals surface area contributed by atoms with Crippen molar-refractivity contribution in [3.63, 3.8) is 0 Å². The van der Waals surface area contributed by atoms with Gasteiger partial charge >= 0.3 is 0 Å². The normalized spacial score (nSPS) is 9.40. The van der Waals surface area contributed by atoms with E-state index in [-0.39, 0.29) is 0 Å². The second-order valence-electron chi connectivity index (χ2n) is 2.01. The van der Waals surface area contributed by atoms with Crippen LogP contribution in [0.25, 0.3) is 0 Å². The Morgan fingerprint density at radius 2 is 1.90 bits per heavy atom. The molecule has 0 aliphatic rings. The molecular formula is C8H10IN. The number of hydrogen-bond donors (Lipinski definition) is 0. The SMILES string of the molecule is CCN(I)c1ccccc1. The Bertz CT molecular complexity index is 186. The Labute approximate surface area is 75.5 Å². The topological polar surface area (TPSA) is 3.24 Å². The third kappa shape index (κ3) is 1.87. The van der Waals surface area contributed by atoms with Crippen molar-refractivity contribution in [1.82, 2.24) is 0 Å². The molecular weight excluding hydrogens is 237 g/mol. The van der Waals surface area contributed by atoms with E-state index in [1.807, 2.05) is 6.07 Å². The van der Waals surface area contributed by atoms with Crippen molar-refractivity contribution in [3.05, 3.63) is 30.3 Å². The summed E-state index contributed by atoms with van der Waals surface area (Å²) in [4.78, 5) is 0. The summed E-state index contributed by atoms with van der Waals surface area (Å²) in [6.07, 6.45) is 0. The van der Waals surface area contributed by atoms with Gasteiger partial charge in [-0.05, 0) is 19.1 Å². The molecule has 1 aromatic rings. The van der Waals surface area contributed by atoms with Gasteiger partial charge < -0.3 is 3.11 Å². The fourth-order valence-corrected chi connectivity index (χ4v) is 1.09. The molecule has 1 nitrogen and oxygen atoms in total. The highest BCUT2D eigenvalue weighted by Crippen LogP contribution is 2.15. The largest absolute Gasteiger partial charge is 0.315 e. The highest BCUT2D eigenvalue weighted by molar-refractivity contribution is 14.1. The zero-order valence-electron chi connectivity index (χ0n) is 5.92. The minimum absolute atomic E-state index is 1.05. The van der Waals surface area contributed by atoms with Gasteiger partial charge in [0.2, 0.25) is 0 Å². The molecule has 0 aliphatic heterocycles. The second-order valence-corrected chi connectivity index (χ2v) is 3.18. The van der Waals surface area contributed by atoms with Crippen LogP contribution < -0.4 is 3.11 Å². The Hall–Kier alpha value is -0.250. The van der Waals surface area contributed by atoms with Crippen molar-refractivity contribution in [2.24, 2.45) is 0 Å². The van der Waals surface area contributed by atoms with Crippen LogP contribution in [0.1, 0.15) is 6.92 Å². The first-order chi connectivity index (χ1) is 4.84. The number of para-hydroxylation sites is 1. The van der Waals surface area contributed by atoms with E-state index in [1.165, 1.54) is 5.69 Å². The van der Waals surface area contributed by atoms with Gasteiger partial charge in [0, 0.05) is 12.2 Å². The van der Waals surface area contributed by atoms with Crippen molar-refractivity contribution in [2.75, 3.05) is 9.66 Å². The maximum absolute atomic E-state index is 2.30. The van der Waals surface area contributed by atoms with Crippen LogP contribution in [0, 0.1) is 0 Å². The van der Waals surface area contributed by atoms with Gasteiger partial charge in [-0.3, -0.25) is 0 Å². The third-order valence-electron chi connectivity index (χ3n) is 1.31. The molecule has 1 rings (SSSR count). The molecule has 0 N–H and O–H groups in total. The molecule has 0 saturated carbocycles. The monoisotopic (exact) mass is 247 g/mol. The lowest BCUT2D eigenvalue weighted by molar-refractivity contribution is 1.14. The summed E-state index contributed by atoms with van der Waals surface area (Å²) < 4.78 is 2.18. The Morgan fingerprint density at radius 3 is 2.40 bits per heavy atom. The van der Waals surface area contributed by atoms with Gasteiger partial charge in [-0.25, -0.2) is 0 Å². The highest BCUT2D eigenvalue weighted by atomic mass is 127. The van der Waals surface area contributed by atoms with E-state index in [9.17, 15) is 0 Å². The molecule has 0 bridgehead atoms. The molecule has 0 saturated heterocycles. The van der Waals surface area contributed by atoms with Crippen LogP contribution in [0.5, 0.6) is 0 Å². The lowest BCUT2D eigenvalue weighted by Gasteiger charge is -2.12. The van der Waals surface area contributed by atoms with Crippen LogP contribution >= 0.6 is 22.9 Å². The molecule has 2 heteroatoms. The quantitative estimate of drug-likeness (QED) is 0.573. The second kappa shape index (κ2) is 3.81. The maximum Gasteiger partial charge on any atom is 0.0591 e. The van der Waals surface area contributed by atoms with Gasteiger partial charge in [-0.2, -0.15) is 0 Å². The average Bonchev–Trinajstić information content (AvgIpc) is 2.05. The minimum Gasteiger partial charge on any atom is -0.315 e. The van der Waals surface area contributed by atoms with E-state index in [4.69, 9.17) is 0 Å². The van der Waals surface area contributed by atoms with E-state index in [1.54, 1.807) is 0 Å². The standard InChI is InChI=1S/C8H10IN/c1-2-10(9)8-6-4-3-5-7-8/h3-7H,2H2,1H3. The number of hydrogen-bond acceptors (Lipinski definition) is 1. The first-order valence-corrected chi connectivity index (χ1v) is 4.29. The van der Waals surface area contributed by atoms with Gasteiger partial charge in [-0.1, -0.05) is 18.2 Å². The summed E-state index contributed by atoms with van der Waals surface area (Å²) in [7, 11) is 0. The molecule has 0 aliphatic carbocycles. The molecule has 0 spiro atoms. The summed E-state index contributed by atoms with van der Waals surface area (Å²) in [5.41, 5.74) is 1.27. The van der Waals surface area contributed by atoms with E-state index in [0.29, 0.717) is 0 Å². The van der Waals surface area contributed by atoms with Crippen LogP contribution in [0.15, 0.2) is 30.3 Å². The van der Waals surface area contributed by atoms with E-state index in [2.05, 4.69) is 57.2 Å². The minimum atomic E-state index is 1.05. The van der Waals surface area contributed by atoms with Gasteiger partial charge in [0.1, 0.15) is 0 Å². The first-order valence-electron chi connectivity index (χ1n) is 3.33. The number of benzene rings is 1. The predicted molar refractivity (Wildman–Crippen MR) is 53.5 cm³/mol. The fraction of sp³-hybridized carbons (Fsp3) is 0.250. The smallest absolute Gasteiger partial charge is 0.0591 e. The average molecular weight is 247 g/mol. The zero-order valence-corrected chi connectivity index (χ0v) is 8.08. The van der Waals surface area contributed by atoms with E-state index < -0.39 is 0 Å². The molecule has 0 fully saturated rings. The Kier molecular flexibility index (Phi) is 2.99. The van der Waals surface area contributed by atoms with Gasteiger partial charge in [0.05, 0.1) is 22.9 Å². The lowest BCUT2D eigenvalue weighted by Crippen LogP contribution is -2.06. The molecule has 0 aromatic heterocycles. The zero-order chi connectivity index (χ0) is 7.40. The van der Waals surface area contributed by atoms with Crippen molar-refractivity contribution in [3.8, 4) is 0 Å². The molecule has 0 unspecified atom stereocenters. The highest BCUT2D eigenvalue weighted by Gasteiger charge is 1.94. The maximum atomic E-state index is 2.30. The van der Waals surface area contributed by atoms with Gasteiger partial charge in [-0.15, -0.1) is 0 Å². The van der Waals surface area contributed by atoms with Gasteiger partial charge in [0.15, 0.2) is 0 Å². The van der Waals surface area contributed by atoms with E-state index in [0.717, 1.165) is 6.54 Å². The summed E-state index contributed by atoms with van der Waals surface area (Å²) in [6.45, 7) is 3.18. The molecule has 0 atom stereocenters. The predicted octanol–water partition coefficient (Wildman–Crippen LogP) is 2.86. The van der Waals surface area contributed by atoms with Crippen LogP contribution in [-0.4, -0.2) is 6.54 Å². The van der Waals surface area contributed by atoms with Crippen molar-refractivity contribution >= 4 is 28.6 Å². The summed E-state index contributed by atoms with van der Waals surface area (Å²) in [6, 6.07) is 10.4. The van der Waals surface area contributed by atoms with Crippen LogP contribution in [-0.2, 0) is 0 Å². The van der Waals surface area contributed by atoms with Crippen molar-refractivity contribution in [2.45, 2.75) is 6.92 Å². The van der Waals surface area contributed by atoms with Crippen LogP contribution in [0.2, 0.25) is 0 Å². The fourth-order valence-electron chi connectivity index (χ4n) is 0.772. The third-order valence-corrected chi connectivity index (χ3v) is 2.55. The van der Waals surface area contributed by atoms with Crippen LogP contribution in [0.4, 0.5) is 5.69 Å². The molecule has 10 heavy (non-hydrogen) atoms. The van der Waals surface area contributed by atoms with E-state index >= 15 is 0 Å². The molecule has 54 valence electrons. The Balaban J connectivity index is 2.75. The first kappa shape index (κ1) is 7.85. The number of rotatable bonds is 2. The number of anilines is 1. The summed E-state index contributed by atoms with van der Waals surface area (Å²) in [5.74, 6) is 0. The van der Waals surface area contributed by atoms with Gasteiger partial charge in [0.25, 0.3) is 0 Å².